The largest absolute Gasteiger partial charge is 0.310 e. The van der Waals surface area contributed by atoms with E-state index in [9.17, 15) is 0 Å². The fourth-order valence-electron chi connectivity index (χ4n) is 8.13. The van der Waals surface area contributed by atoms with Crippen LogP contribution in [0.5, 0.6) is 0 Å². The quantitative estimate of drug-likeness (QED) is 0.141. The van der Waals surface area contributed by atoms with Crippen molar-refractivity contribution in [1.29, 1.82) is 0 Å². The molecule has 0 spiro atoms. The van der Waals surface area contributed by atoms with Gasteiger partial charge in [0.25, 0.3) is 0 Å². The van der Waals surface area contributed by atoms with Crippen LogP contribution in [-0.2, 0) is 0 Å². The maximum atomic E-state index is 2.36. The van der Waals surface area contributed by atoms with E-state index in [4.69, 9.17) is 0 Å². The van der Waals surface area contributed by atoms with Crippen LogP contribution in [0, 0.1) is 0 Å². The summed E-state index contributed by atoms with van der Waals surface area (Å²) < 4.78 is 0. The van der Waals surface area contributed by atoms with Crippen molar-refractivity contribution in [3.63, 3.8) is 0 Å². The van der Waals surface area contributed by atoms with Crippen molar-refractivity contribution in [2.75, 3.05) is 4.90 Å². The van der Waals surface area contributed by atoms with E-state index in [0.717, 1.165) is 17.1 Å². The highest BCUT2D eigenvalue weighted by Gasteiger charge is 2.15. The summed E-state index contributed by atoms with van der Waals surface area (Å²) in [4.78, 5) is 2.36. The summed E-state index contributed by atoms with van der Waals surface area (Å²) in [6.45, 7) is 0. The average molecular weight is 726 g/mol. The lowest BCUT2D eigenvalue weighted by Crippen LogP contribution is -2.10. The molecule has 1 nitrogen and oxygen atoms in total. The minimum absolute atomic E-state index is 1.10. The summed E-state index contributed by atoms with van der Waals surface area (Å²) >= 11 is 0. The van der Waals surface area contributed by atoms with Gasteiger partial charge in [-0.1, -0.05) is 188 Å². The van der Waals surface area contributed by atoms with Crippen LogP contribution in [0.15, 0.2) is 237 Å². The van der Waals surface area contributed by atoms with E-state index in [1.807, 2.05) is 0 Å². The van der Waals surface area contributed by atoms with Gasteiger partial charge in [0.1, 0.15) is 0 Å². The van der Waals surface area contributed by atoms with Crippen LogP contribution in [0.2, 0.25) is 0 Å². The molecule has 0 bridgehead atoms. The van der Waals surface area contributed by atoms with Crippen LogP contribution in [0.25, 0.3) is 77.2 Å². The molecule has 0 saturated heterocycles. The van der Waals surface area contributed by atoms with Crippen LogP contribution in [0.3, 0.4) is 0 Å². The molecule has 0 aliphatic heterocycles. The van der Waals surface area contributed by atoms with Crippen molar-refractivity contribution in [2.45, 2.75) is 0 Å². The lowest BCUT2D eigenvalue weighted by atomic mass is 9.91. The third kappa shape index (κ3) is 6.77. The third-order valence-electron chi connectivity index (χ3n) is 11.1. The third-order valence-corrected chi connectivity index (χ3v) is 11.1. The van der Waals surface area contributed by atoms with E-state index >= 15 is 0 Å². The smallest absolute Gasteiger partial charge is 0.0467 e. The normalized spacial score (nSPS) is 11.2. The number of anilines is 3. The highest BCUT2D eigenvalue weighted by Crippen LogP contribution is 2.40. The Balaban J connectivity index is 1.01. The maximum absolute atomic E-state index is 2.36. The highest BCUT2D eigenvalue weighted by atomic mass is 15.1. The summed E-state index contributed by atoms with van der Waals surface area (Å²) in [5.41, 5.74) is 15.4. The number of rotatable bonds is 8. The standard InChI is InChI=1S/C56H39N/c1-4-13-40(14-5-1)42-23-25-43(26-24-42)44-29-33-50(34-30-44)57(52-20-12-19-47(37-52)41-15-6-2-7-16-41)51-35-31-45(32-36-51)48-27-28-49-39-55(46-17-8-3-9-18-46)53-21-10-11-22-54(53)56(49)38-48/h1-39H. The molecule has 0 N–H and O–H groups in total. The first-order valence-electron chi connectivity index (χ1n) is 19.6. The molecule has 1 heteroatoms. The Morgan fingerprint density at radius 1 is 0.211 bits per heavy atom. The molecule has 0 fully saturated rings. The van der Waals surface area contributed by atoms with E-state index in [1.54, 1.807) is 0 Å². The van der Waals surface area contributed by atoms with Crippen LogP contribution in [0.1, 0.15) is 0 Å². The van der Waals surface area contributed by atoms with E-state index < -0.39 is 0 Å². The van der Waals surface area contributed by atoms with Crippen molar-refractivity contribution in [1.82, 2.24) is 0 Å². The first-order chi connectivity index (χ1) is 28.2. The fraction of sp³-hybridized carbons (Fsp3) is 0. The zero-order valence-electron chi connectivity index (χ0n) is 31.5. The molecule has 0 heterocycles. The van der Waals surface area contributed by atoms with Gasteiger partial charge in [-0.2, -0.15) is 0 Å². The van der Waals surface area contributed by atoms with Gasteiger partial charge in [-0.3, -0.25) is 0 Å². The number of nitrogens with zero attached hydrogens (tertiary/aromatic N) is 1. The molecule has 0 unspecified atom stereocenters. The number of fused-ring (bicyclic) bond motifs is 3. The number of hydrogen-bond donors (Lipinski definition) is 0. The predicted octanol–water partition coefficient (Wildman–Crippen LogP) is 15.8. The Morgan fingerprint density at radius 2 is 0.614 bits per heavy atom. The second-order valence-corrected chi connectivity index (χ2v) is 14.6. The van der Waals surface area contributed by atoms with Gasteiger partial charge < -0.3 is 4.90 Å². The Morgan fingerprint density at radius 3 is 1.19 bits per heavy atom. The van der Waals surface area contributed by atoms with Gasteiger partial charge in [0.15, 0.2) is 0 Å². The second-order valence-electron chi connectivity index (χ2n) is 14.6. The summed E-state index contributed by atoms with van der Waals surface area (Å²) in [7, 11) is 0. The van der Waals surface area contributed by atoms with Crippen LogP contribution >= 0.6 is 0 Å². The molecule has 0 radical (unpaired) electrons. The first kappa shape index (κ1) is 34.0. The molecule has 57 heavy (non-hydrogen) atoms. The molecular formula is C56H39N. The first-order valence-corrected chi connectivity index (χ1v) is 19.6. The van der Waals surface area contributed by atoms with E-state index in [-0.39, 0.29) is 0 Å². The molecule has 0 amide bonds. The molecule has 0 aliphatic rings. The van der Waals surface area contributed by atoms with Gasteiger partial charge in [-0.05, 0) is 126 Å². The Kier molecular flexibility index (Phi) is 8.95. The average Bonchev–Trinajstić information content (AvgIpc) is 3.30. The molecule has 0 aliphatic carbocycles. The molecule has 10 aromatic rings. The minimum atomic E-state index is 1.10. The maximum Gasteiger partial charge on any atom is 0.0467 e. The predicted molar refractivity (Wildman–Crippen MR) is 243 cm³/mol. The summed E-state index contributed by atoms with van der Waals surface area (Å²) in [5, 5.41) is 5.05. The summed E-state index contributed by atoms with van der Waals surface area (Å²) in [6.07, 6.45) is 0. The van der Waals surface area contributed by atoms with Crippen molar-refractivity contribution in [3.8, 4) is 55.6 Å². The van der Waals surface area contributed by atoms with E-state index in [0.29, 0.717) is 0 Å². The number of hydrogen-bond acceptors (Lipinski definition) is 1. The van der Waals surface area contributed by atoms with Gasteiger partial charge in [0.2, 0.25) is 0 Å². The van der Waals surface area contributed by atoms with Gasteiger partial charge in [-0.25, -0.2) is 0 Å². The van der Waals surface area contributed by atoms with Crippen molar-refractivity contribution in [3.05, 3.63) is 237 Å². The van der Waals surface area contributed by atoms with Crippen molar-refractivity contribution < 1.29 is 0 Å². The fourth-order valence-corrected chi connectivity index (χ4v) is 8.13. The SMILES string of the molecule is c1ccc(-c2ccc(-c3ccc(N(c4ccc(-c5ccc6cc(-c7ccccc7)c7ccccc7c6c5)cc4)c4cccc(-c5ccccc5)c4)cc3)cc2)cc1. The zero-order valence-corrected chi connectivity index (χ0v) is 31.5. The lowest BCUT2D eigenvalue weighted by molar-refractivity contribution is 1.28. The van der Waals surface area contributed by atoms with Gasteiger partial charge in [0.05, 0.1) is 0 Å². The Bertz CT molecular complexity index is 2950. The Labute approximate surface area is 334 Å². The second kappa shape index (κ2) is 15.0. The summed E-state index contributed by atoms with van der Waals surface area (Å²) in [5.74, 6) is 0. The topological polar surface area (TPSA) is 3.24 Å². The van der Waals surface area contributed by atoms with Crippen molar-refractivity contribution >= 4 is 38.6 Å². The molecule has 0 saturated carbocycles. The van der Waals surface area contributed by atoms with Crippen LogP contribution < -0.4 is 4.90 Å². The van der Waals surface area contributed by atoms with E-state index in [2.05, 4.69) is 241 Å². The molecule has 0 atom stereocenters. The van der Waals surface area contributed by atoms with Gasteiger partial charge in [0, 0.05) is 17.1 Å². The minimum Gasteiger partial charge on any atom is -0.310 e. The molecular weight excluding hydrogens is 687 g/mol. The molecule has 268 valence electrons. The monoisotopic (exact) mass is 725 g/mol. The zero-order chi connectivity index (χ0) is 38.0. The lowest BCUT2D eigenvalue weighted by Gasteiger charge is -2.26. The van der Waals surface area contributed by atoms with Crippen molar-refractivity contribution in [2.24, 2.45) is 0 Å². The number of benzene rings is 10. The molecule has 10 aromatic carbocycles. The highest BCUT2D eigenvalue weighted by molar-refractivity contribution is 6.14. The van der Waals surface area contributed by atoms with E-state index in [1.165, 1.54) is 77.2 Å². The molecule has 10 rings (SSSR count). The molecule has 0 aromatic heterocycles. The van der Waals surface area contributed by atoms with Gasteiger partial charge >= 0.3 is 0 Å². The summed E-state index contributed by atoms with van der Waals surface area (Å²) in [6, 6.07) is 85.5. The van der Waals surface area contributed by atoms with Crippen LogP contribution in [-0.4, -0.2) is 0 Å². The van der Waals surface area contributed by atoms with Crippen LogP contribution in [0.4, 0.5) is 17.1 Å². The van der Waals surface area contributed by atoms with Gasteiger partial charge in [-0.15, -0.1) is 0 Å². The Hall–Kier alpha value is -7.48.